The second-order valence-corrected chi connectivity index (χ2v) is 7.85. The maximum Gasteiger partial charge on any atom is 0.484 e. The molecule has 0 amide bonds. The Morgan fingerprint density at radius 1 is 0.450 bits per heavy atom. The van der Waals surface area contributed by atoms with Gasteiger partial charge in [-0.15, -0.1) is 16.4 Å². The number of carbonyl (C=O) groups excluding carboxylic acids is 1. The molecule has 40 heavy (non-hydrogen) atoms. The highest BCUT2D eigenvalue weighted by Gasteiger charge is 2.47. The molecule has 0 aliphatic rings. The summed E-state index contributed by atoms with van der Waals surface area (Å²) in [5, 5.41) is 0. The van der Waals surface area contributed by atoms with Crippen LogP contribution in [0.5, 0.6) is 0 Å². The molecule has 214 valence electrons. The predicted molar refractivity (Wildman–Crippen MR) is 106 cm³/mol. The van der Waals surface area contributed by atoms with Crippen molar-refractivity contribution in [3.05, 3.63) is 99.5 Å². The molecule has 0 aliphatic carbocycles. The molecule has 18 heteroatoms. The quantitative estimate of drug-likeness (QED) is 0.0788. The number of benzene rings is 3. The van der Waals surface area contributed by atoms with Crippen LogP contribution in [0.4, 0.5) is 65.9 Å². The lowest BCUT2D eigenvalue weighted by Crippen LogP contribution is -2.72. The predicted octanol–water partition coefficient (Wildman–Crippen LogP) is 4.84. The van der Waals surface area contributed by atoms with E-state index in [4.69, 9.17) is 4.79 Å². The first kappa shape index (κ1) is 30.4. The molecule has 0 saturated heterocycles. The van der Waals surface area contributed by atoms with Crippen LogP contribution < -0.4 is 16.4 Å². The van der Waals surface area contributed by atoms with E-state index in [2.05, 4.69) is 4.74 Å². The summed E-state index contributed by atoms with van der Waals surface area (Å²) in [5.74, 6) is -48.5. The van der Waals surface area contributed by atoms with E-state index in [-0.39, 0.29) is 6.26 Å². The summed E-state index contributed by atoms with van der Waals surface area (Å²) in [5.41, 5.74) is -8.46. The van der Waals surface area contributed by atoms with Gasteiger partial charge in [-0.25, -0.2) is 65.9 Å². The minimum Gasteiger partial charge on any atom is -0.339 e. The lowest BCUT2D eigenvalue weighted by atomic mass is 9.15. The number of hydrogen-bond acceptors (Lipinski definition) is 1. The van der Waals surface area contributed by atoms with Gasteiger partial charge in [0.15, 0.2) is 58.6 Å². The summed E-state index contributed by atoms with van der Waals surface area (Å²) in [6.07, 6.45) is -6.15. The molecule has 0 fully saturated rings. The number of esters is 1. The van der Waals surface area contributed by atoms with Gasteiger partial charge in [0.05, 0.1) is 6.92 Å². The number of hydrogen-bond donors (Lipinski definition) is 0. The Morgan fingerprint density at radius 2 is 0.650 bits per heavy atom. The molecule has 0 spiro atoms. The van der Waals surface area contributed by atoms with Crippen molar-refractivity contribution in [1.82, 2.24) is 0 Å². The van der Waals surface area contributed by atoms with Crippen molar-refractivity contribution in [3.63, 3.8) is 0 Å². The first-order valence-corrected chi connectivity index (χ1v) is 10.0. The largest absolute Gasteiger partial charge is 0.484 e. The Balaban J connectivity index is 2.90. The summed E-state index contributed by atoms with van der Waals surface area (Å²) in [7, 11) is 0. The van der Waals surface area contributed by atoms with Crippen LogP contribution >= 0.6 is 0 Å². The van der Waals surface area contributed by atoms with Gasteiger partial charge in [0, 0.05) is 0 Å². The van der Waals surface area contributed by atoms with Crippen molar-refractivity contribution < 1.29 is 75.4 Å². The normalized spacial score (nSPS) is 12.0. The van der Waals surface area contributed by atoms with Crippen LogP contribution in [-0.2, 0) is 4.74 Å². The van der Waals surface area contributed by atoms with Crippen LogP contribution in [0.2, 0.25) is 0 Å². The third kappa shape index (κ3) is 4.25. The minimum atomic E-state index is -5.87. The highest BCUT2D eigenvalue weighted by Crippen LogP contribution is 2.28. The standard InChI is InChI=1S/C22H5BF15O2/c1-4(39)40-3-2-23(5-8(24)14(30)20(36)15(31)9(5)25,6-10(26)16(32)21(37)17(33)11(6)27)7-12(28)18(34)22(38)19(35)13(7)29/h2-3H,1H3/q-1/p+1/b3-2+. The van der Waals surface area contributed by atoms with Crippen molar-refractivity contribution in [2.75, 3.05) is 0 Å². The van der Waals surface area contributed by atoms with Crippen molar-refractivity contribution in [1.29, 1.82) is 0 Å². The van der Waals surface area contributed by atoms with Crippen LogP contribution in [-0.4, -0.2) is 16.9 Å². The van der Waals surface area contributed by atoms with Gasteiger partial charge in [0.25, 0.3) is 0 Å². The molecule has 0 aliphatic heterocycles. The van der Waals surface area contributed by atoms with Crippen molar-refractivity contribution in [3.8, 4) is 0 Å². The van der Waals surface area contributed by atoms with E-state index in [1.54, 1.807) is 0 Å². The van der Waals surface area contributed by atoms with Gasteiger partial charge in [-0.1, -0.05) is 0 Å². The van der Waals surface area contributed by atoms with Gasteiger partial charge in [-0.3, -0.25) is 4.74 Å². The van der Waals surface area contributed by atoms with Gasteiger partial charge in [0.1, 0.15) is 41.0 Å². The fraction of sp³-hybridized carbons (Fsp3) is 0.0455. The van der Waals surface area contributed by atoms with Crippen molar-refractivity contribution in [2.45, 2.75) is 6.92 Å². The smallest absolute Gasteiger partial charge is 0.339 e. The molecule has 3 aromatic carbocycles. The van der Waals surface area contributed by atoms with Gasteiger partial charge in [-0.05, 0) is 0 Å². The molecule has 0 radical (unpaired) electrons. The number of halogens is 15. The Kier molecular flexibility index (Phi) is 7.96. The van der Waals surface area contributed by atoms with E-state index in [1.807, 2.05) is 0 Å². The fourth-order valence-corrected chi connectivity index (χ4v) is 4.04. The SMILES string of the molecule is CC(=[OH+])O/C=C/[B-](c1c(F)c(F)c(F)c(F)c1F)(c1c(F)c(F)c(F)c(F)c1F)c1c(F)c(F)c(F)c(F)c1F. The molecule has 3 aromatic rings. The molecule has 0 unspecified atom stereocenters. The molecule has 2 nitrogen and oxygen atoms in total. The van der Waals surface area contributed by atoms with E-state index in [0.717, 1.165) is 0 Å². The topological polar surface area (TPSA) is 30.6 Å². The van der Waals surface area contributed by atoms with Gasteiger partial charge in [-0.2, -0.15) is 5.98 Å². The highest BCUT2D eigenvalue weighted by atomic mass is 19.2. The van der Waals surface area contributed by atoms with Crippen LogP contribution in [0.1, 0.15) is 6.92 Å². The average molecular weight is 598 g/mol. The van der Waals surface area contributed by atoms with E-state index >= 15 is 26.3 Å². The maximum atomic E-state index is 15.1. The average Bonchev–Trinajstić information content (AvgIpc) is 2.90. The summed E-state index contributed by atoms with van der Waals surface area (Å²) >= 11 is 0. The molecule has 0 atom stereocenters. The Labute approximate surface area is 211 Å². The van der Waals surface area contributed by atoms with Crippen LogP contribution in [0.15, 0.2) is 12.2 Å². The van der Waals surface area contributed by atoms with Crippen LogP contribution in [0, 0.1) is 87.3 Å². The van der Waals surface area contributed by atoms with Crippen molar-refractivity contribution in [2.24, 2.45) is 0 Å². The highest BCUT2D eigenvalue weighted by molar-refractivity contribution is 7.15. The third-order valence-electron chi connectivity index (χ3n) is 5.70. The minimum absolute atomic E-state index is 0.274. The van der Waals surface area contributed by atoms with E-state index in [9.17, 15) is 39.5 Å². The monoisotopic (exact) mass is 598 g/mol. The molecule has 0 heterocycles. The molecule has 0 bridgehead atoms. The molecular weight excluding hydrogens is 592 g/mol. The van der Waals surface area contributed by atoms with E-state index < -0.39 is 122 Å². The first-order chi connectivity index (χ1) is 18.4. The van der Waals surface area contributed by atoms with Gasteiger partial charge in [0.2, 0.25) is 0 Å². The Morgan fingerprint density at radius 3 is 0.850 bits per heavy atom. The van der Waals surface area contributed by atoms with Gasteiger partial charge >= 0.3 is 5.97 Å². The molecule has 0 aromatic heterocycles. The third-order valence-corrected chi connectivity index (χ3v) is 5.70. The fourth-order valence-electron chi connectivity index (χ4n) is 4.04. The Hall–Kier alpha value is -4.12. The maximum absolute atomic E-state index is 15.1. The van der Waals surface area contributed by atoms with E-state index in [1.165, 1.54) is 0 Å². The van der Waals surface area contributed by atoms with Crippen molar-refractivity contribution >= 4 is 28.5 Å². The zero-order chi connectivity index (χ0) is 30.6. The first-order valence-electron chi connectivity index (χ1n) is 10.0. The number of ether oxygens (including phenoxy) is 1. The molecule has 3 rings (SSSR count). The zero-order valence-corrected chi connectivity index (χ0v) is 18.8. The number of rotatable bonds is 5. The second-order valence-electron chi connectivity index (χ2n) is 7.85. The molecule has 1 N–H and O–H groups in total. The second kappa shape index (κ2) is 10.5. The summed E-state index contributed by atoms with van der Waals surface area (Å²) in [6.45, 7) is 0.633. The van der Waals surface area contributed by atoms with Crippen LogP contribution in [0.25, 0.3) is 0 Å². The zero-order valence-electron chi connectivity index (χ0n) is 18.8. The van der Waals surface area contributed by atoms with E-state index in [0.29, 0.717) is 6.92 Å². The van der Waals surface area contributed by atoms with Gasteiger partial charge < -0.3 is 4.79 Å². The summed E-state index contributed by atoms with van der Waals surface area (Å²) < 4.78 is 222. The molecular formula is C22H6BF15O2. The van der Waals surface area contributed by atoms with Crippen LogP contribution in [0.3, 0.4) is 0 Å². The summed E-state index contributed by atoms with van der Waals surface area (Å²) in [4.78, 5) is 9.16. The lowest BCUT2D eigenvalue weighted by molar-refractivity contribution is 0.379. The Bertz CT molecular complexity index is 1360. The lowest BCUT2D eigenvalue weighted by Gasteiger charge is -2.40. The molecule has 0 saturated carbocycles. The summed E-state index contributed by atoms with van der Waals surface area (Å²) in [6, 6.07) is 0.